The van der Waals surface area contributed by atoms with E-state index in [-0.39, 0.29) is 24.1 Å². The van der Waals surface area contributed by atoms with Crippen molar-refractivity contribution in [1.82, 2.24) is 15.1 Å². The molecule has 2 aliphatic heterocycles. The molecular weight excluding hydrogens is 208 g/mol. The predicted octanol–water partition coefficient (Wildman–Crippen LogP) is 0.00670. The van der Waals surface area contributed by atoms with Gasteiger partial charge in [0.1, 0.15) is 0 Å². The number of aliphatic imine (C=N–C) groups is 1. The molecule has 6 nitrogen and oxygen atoms in total. The molecule has 2 unspecified atom stereocenters. The molecule has 2 rings (SSSR count). The molecule has 2 aliphatic rings. The van der Waals surface area contributed by atoms with Crippen molar-refractivity contribution in [3.8, 4) is 0 Å². The molecular formula is C10H16N4O2. The molecule has 1 N–H and O–H groups in total. The SMILES string of the molecule is CCCN1C(C)=NC2C1C(=O)NC(=O)N2C. The first kappa shape index (κ1) is 10.9. The fourth-order valence-corrected chi connectivity index (χ4v) is 2.20. The summed E-state index contributed by atoms with van der Waals surface area (Å²) in [6.07, 6.45) is 0.578. The molecule has 16 heavy (non-hydrogen) atoms. The summed E-state index contributed by atoms with van der Waals surface area (Å²) in [5, 5.41) is 2.34. The highest BCUT2D eigenvalue weighted by molar-refractivity contribution is 6.03. The summed E-state index contributed by atoms with van der Waals surface area (Å²) in [4.78, 5) is 31.0. The highest BCUT2D eigenvalue weighted by Gasteiger charge is 2.46. The van der Waals surface area contributed by atoms with Crippen LogP contribution in [0.25, 0.3) is 0 Å². The first-order chi connectivity index (χ1) is 7.56. The fraction of sp³-hybridized carbons (Fsp3) is 0.700. The smallest absolute Gasteiger partial charge is 0.325 e. The number of amides is 3. The molecule has 0 aromatic carbocycles. The van der Waals surface area contributed by atoms with Crippen molar-refractivity contribution in [2.45, 2.75) is 32.5 Å². The van der Waals surface area contributed by atoms with Crippen molar-refractivity contribution < 1.29 is 9.59 Å². The molecule has 6 heteroatoms. The Balaban J connectivity index is 2.28. The summed E-state index contributed by atoms with van der Waals surface area (Å²) < 4.78 is 0. The molecule has 1 fully saturated rings. The molecule has 3 amide bonds. The van der Waals surface area contributed by atoms with Gasteiger partial charge in [-0.05, 0) is 13.3 Å². The highest BCUT2D eigenvalue weighted by Crippen LogP contribution is 2.23. The molecule has 0 radical (unpaired) electrons. The van der Waals surface area contributed by atoms with Crippen LogP contribution in [0.1, 0.15) is 20.3 Å². The quantitative estimate of drug-likeness (QED) is 0.718. The second kappa shape index (κ2) is 3.77. The van der Waals surface area contributed by atoms with E-state index < -0.39 is 0 Å². The second-order valence-corrected chi connectivity index (χ2v) is 4.13. The zero-order chi connectivity index (χ0) is 11.9. The standard InChI is InChI=1S/C10H16N4O2/c1-4-5-14-6(2)11-8-7(14)9(15)12-10(16)13(8)3/h7-8H,4-5H2,1-3H3,(H,12,15,16). The number of rotatable bonds is 2. The van der Waals surface area contributed by atoms with Gasteiger partial charge in [0, 0.05) is 13.6 Å². The van der Waals surface area contributed by atoms with Crippen molar-refractivity contribution in [3.63, 3.8) is 0 Å². The van der Waals surface area contributed by atoms with Crippen LogP contribution in [0.2, 0.25) is 0 Å². The Hall–Kier alpha value is -1.59. The number of hydrogen-bond acceptors (Lipinski definition) is 4. The molecule has 0 aromatic heterocycles. The van der Waals surface area contributed by atoms with E-state index in [2.05, 4.69) is 17.2 Å². The van der Waals surface area contributed by atoms with Crippen LogP contribution in [0.4, 0.5) is 4.79 Å². The van der Waals surface area contributed by atoms with E-state index >= 15 is 0 Å². The lowest BCUT2D eigenvalue weighted by molar-refractivity contribution is -0.127. The zero-order valence-corrected chi connectivity index (χ0v) is 9.73. The Kier molecular flexibility index (Phi) is 2.57. The molecule has 0 spiro atoms. The maximum absolute atomic E-state index is 11.8. The number of likely N-dealkylation sites (N-methyl/N-ethyl adjacent to an activating group) is 1. The van der Waals surface area contributed by atoms with E-state index in [4.69, 9.17) is 0 Å². The summed E-state index contributed by atoms with van der Waals surface area (Å²) in [7, 11) is 1.66. The van der Waals surface area contributed by atoms with Gasteiger partial charge in [-0.25, -0.2) is 9.79 Å². The predicted molar refractivity (Wildman–Crippen MR) is 59.0 cm³/mol. The molecule has 2 heterocycles. The lowest BCUT2D eigenvalue weighted by Gasteiger charge is -2.36. The summed E-state index contributed by atoms with van der Waals surface area (Å²) >= 11 is 0. The van der Waals surface area contributed by atoms with E-state index in [0.29, 0.717) is 0 Å². The maximum atomic E-state index is 11.8. The van der Waals surface area contributed by atoms with Gasteiger partial charge in [0.05, 0.1) is 5.84 Å². The van der Waals surface area contributed by atoms with Gasteiger partial charge in [0.15, 0.2) is 12.2 Å². The van der Waals surface area contributed by atoms with Crippen LogP contribution in [0.15, 0.2) is 4.99 Å². The highest BCUT2D eigenvalue weighted by atomic mass is 16.2. The van der Waals surface area contributed by atoms with Crippen molar-refractivity contribution in [1.29, 1.82) is 0 Å². The van der Waals surface area contributed by atoms with Crippen LogP contribution in [0.3, 0.4) is 0 Å². The number of amidine groups is 1. The van der Waals surface area contributed by atoms with E-state index in [1.807, 2.05) is 11.8 Å². The number of hydrogen-bond donors (Lipinski definition) is 1. The Morgan fingerprint density at radius 2 is 2.12 bits per heavy atom. The van der Waals surface area contributed by atoms with Crippen LogP contribution in [-0.4, -0.2) is 53.4 Å². The number of urea groups is 1. The van der Waals surface area contributed by atoms with E-state index in [0.717, 1.165) is 18.8 Å². The molecule has 0 aromatic rings. The molecule has 2 atom stereocenters. The summed E-state index contributed by atoms with van der Waals surface area (Å²) in [5.41, 5.74) is 0. The third-order valence-electron chi connectivity index (χ3n) is 3.03. The minimum absolute atomic E-state index is 0.248. The molecule has 0 bridgehead atoms. The number of nitrogens with zero attached hydrogens (tertiary/aromatic N) is 3. The third kappa shape index (κ3) is 1.45. The number of fused-ring (bicyclic) bond motifs is 1. The van der Waals surface area contributed by atoms with Crippen LogP contribution in [0.5, 0.6) is 0 Å². The molecule has 1 saturated heterocycles. The van der Waals surface area contributed by atoms with Crippen LogP contribution >= 0.6 is 0 Å². The van der Waals surface area contributed by atoms with Gasteiger partial charge >= 0.3 is 6.03 Å². The van der Waals surface area contributed by atoms with Crippen LogP contribution in [-0.2, 0) is 4.79 Å². The lowest BCUT2D eigenvalue weighted by atomic mass is 10.1. The van der Waals surface area contributed by atoms with Crippen molar-refractivity contribution in [3.05, 3.63) is 0 Å². The van der Waals surface area contributed by atoms with Gasteiger partial charge in [-0.15, -0.1) is 0 Å². The number of imide groups is 1. The van der Waals surface area contributed by atoms with Gasteiger partial charge < -0.3 is 9.80 Å². The van der Waals surface area contributed by atoms with E-state index in [1.165, 1.54) is 4.90 Å². The lowest BCUT2D eigenvalue weighted by Crippen LogP contribution is -2.63. The minimum atomic E-state index is -0.374. The first-order valence-electron chi connectivity index (χ1n) is 5.45. The number of carbonyl (C=O) groups excluding carboxylic acids is 2. The average molecular weight is 224 g/mol. The van der Waals surface area contributed by atoms with Crippen molar-refractivity contribution in [2.75, 3.05) is 13.6 Å². The molecule has 0 saturated carbocycles. The average Bonchev–Trinajstić information content (AvgIpc) is 2.54. The maximum Gasteiger partial charge on any atom is 0.325 e. The fourth-order valence-electron chi connectivity index (χ4n) is 2.20. The van der Waals surface area contributed by atoms with Crippen LogP contribution in [0, 0.1) is 0 Å². The zero-order valence-electron chi connectivity index (χ0n) is 9.73. The van der Waals surface area contributed by atoms with Crippen molar-refractivity contribution in [2.24, 2.45) is 4.99 Å². The number of nitrogens with one attached hydrogen (secondary N) is 1. The van der Waals surface area contributed by atoms with Crippen molar-refractivity contribution >= 4 is 17.8 Å². The van der Waals surface area contributed by atoms with E-state index in [1.54, 1.807) is 7.05 Å². The van der Waals surface area contributed by atoms with Gasteiger partial charge in [-0.1, -0.05) is 6.92 Å². The largest absolute Gasteiger partial charge is 0.345 e. The van der Waals surface area contributed by atoms with Gasteiger partial charge in [0.25, 0.3) is 5.91 Å². The molecule has 0 aliphatic carbocycles. The summed E-state index contributed by atoms with van der Waals surface area (Å²) in [6, 6.07) is -0.733. The Morgan fingerprint density at radius 3 is 2.75 bits per heavy atom. The first-order valence-corrected chi connectivity index (χ1v) is 5.45. The Labute approximate surface area is 94.3 Å². The van der Waals surface area contributed by atoms with Gasteiger partial charge in [0.2, 0.25) is 0 Å². The van der Waals surface area contributed by atoms with Gasteiger partial charge in [-0.3, -0.25) is 10.1 Å². The monoisotopic (exact) mass is 224 g/mol. The Bertz CT molecular complexity index is 366. The van der Waals surface area contributed by atoms with Gasteiger partial charge in [-0.2, -0.15) is 0 Å². The number of carbonyl (C=O) groups is 2. The summed E-state index contributed by atoms with van der Waals surface area (Å²) in [5.74, 6) is 0.579. The second-order valence-electron chi connectivity index (χ2n) is 4.13. The molecule has 88 valence electrons. The van der Waals surface area contributed by atoms with Crippen LogP contribution < -0.4 is 5.32 Å². The van der Waals surface area contributed by atoms with E-state index in [9.17, 15) is 9.59 Å². The minimum Gasteiger partial charge on any atom is -0.345 e. The normalized spacial score (nSPS) is 29.1. The topological polar surface area (TPSA) is 65.0 Å². The Morgan fingerprint density at radius 1 is 1.44 bits per heavy atom. The summed E-state index contributed by atoms with van der Waals surface area (Å²) in [6.45, 7) is 4.71. The third-order valence-corrected chi connectivity index (χ3v) is 3.03.